The molecule has 6 nitrogen and oxygen atoms in total. The third kappa shape index (κ3) is 4.10. The van der Waals surface area contributed by atoms with Crippen LogP contribution in [0.2, 0.25) is 0 Å². The van der Waals surface area contributed by atoms with Gasteiger partial charge in [-0.15, -0.1) is 0 Å². The third-order valence-corrected chi connectivity index (χ3v) is 3.98. The molecule has 2 atom stereocenters. The Kier molecular flexibility index (Phi) is 5.89. The van der Waals surface area contributed by atoms with Crippen LogP contribution in [0, 0.1) is 10.1 Å². The lowest BCUT2D eigenvalue weighted by molar-refractivity contribution is -0.483. The number of nitrogens with zero attached hydrogens (tertiary/aromatic N) is 1. The molecule has 0 unspecified atom stereocenters. The van der Waals surface area contributed by atoms with Crippen LogP contribution in [0.1, 0.15) is 23.0 Å². The molecule has 126 valence electrons. The van der Waals surface area contributed by atoms with Crippen molar-refractivity contribution in [1.82, 2.24) is 5.32 Å². The zero-order valence-electron chi connectivity index (χ0n) is 13.6. The Morgan fingerprint density at radius 3 is 2.25 bits per heavy atom. The Morgan fingerprint density at radius 1 is 1.12 bits per heavy atom. The van der Waals surface area contributed by atoms with Gasteiger partial charge < -0.3 is 10.1 Å². The summed E-state index contributed by atoms with van der Waals surface area (Å²) in [6, 6.07) is 16.1. The van der Waals surface area contributed by atoms with Crippen LogP contribution in [-0.2, 0) is 4.79 Å². The van der Waals surface area contributed by atoms with E-state index in [4.69, 9.17) is 4.74 Å². The monoisotopic (exact) mass is 328 g/mol. The van der Waals surface area contributed by atoms with E-state index in [0.29, 0.717) is 11.3 Å². The first kappa shape index (κ1) is 17.5. The van der Waals surface area contributed by atoms with Crippen molar-refractivity contribution in [3.63, 3.8) is 0 Å². The van der Waals surface area contributed by atoms with E-state index in [1.54, 1.807) is 31.4 Å². The molecule has 0 fully saturated rings. The van der Waals surface area contributed by atoms with E-state index in [1.165, 1.54) is 7.05 Å². The van der Waals surface area contributed by atoms with Gasteiger partial charge in [-0.25, -0.2) is 0 Å². The van der Waals surface area contributed by atoms with Gasteiger partial charge in [-0.1, -0.05) is 42.5 Å². The van der Waals surface area contributed by atoms with Crippen molar-refractivity contribution in [1.29, 1.82) is 0 Å². The fraction of sp³-hybridized carbons (Fsp3) is 0.278. The number of nitrogens with one attached hydrogen (secondary N) is 1. The Hall–Kier alpha value is -2.89. The van der Waals surface area contributed by atoms with E-state index in [2.05, 4.69) is 5.32 Å². The summed E-state index contributed by atoms with van der Waals surface area (Å²) < 4.78 is 5.14. The molecule has 1 N–H and O–H groups in total. The van der Waals surface area contributed by atoms with Gasteiger partial charge in [-0.2, -0.15) is 0 Å². The average molecular weight is 328 g/mol. The molecule has 0 aromatic heterocycles. The molecular weight excluding hydrogens is 308 g/mol. The number of rotatable bonds is 7. The first-order chi connectivity index (χ1) is 11.6. The minimum absolute atomic E-state index is 0.254. The van der Waals surface area contributed by atoms with Crippen molar-refractivity contribution in [3.05, 3.63) is 75.8 Å². The lowest BCUT2D eigenvalue weighted by Crippen LogP contribution is -2.33. The summed E-state index contributed by atoms with van der Waals surface area (Å²) in [5.41, 5.74) is 1.48. The highest BCUT2D eigenvalue weighted by Gasteiger charge is 2.34. The predicted octanol–water partition coefficient (Wildman–Crippen LogP) is 2.59. The second kappa shape index (κ2) is 8.10. The molecule has 0 heterocycles. The number of hydrogen-bond acceptors (Lipinski definition) is 4. The van der Waals surface area contributed by atoms with E-state index in [9.17, 15) is 14.9 Å². The minimum atomic E-state index is -0.659. The molecule has 0 aliphatic carbocycles. The summed E-state index contributed by atoms with van der Waals surface area (Å²) in [7, 11) is 3.10. The smallest absolute Gasteiger partial charge is 0.228 e. The minimum Gasteiger partial charge on any atom is -0.497 e. The summed E-state index contributed by atoms with van der Waals surface area (Å²) in [5.74, 6) is -0.806. The van der Waals surface area contributed by atoms with Crippen molar-refractivity contribution in [2.24, 2.45) is 0 Å². The zero-order valence-corrected chi connectivity index (χ0v) is 13.6. The topological polar surface area (TPSA) is 81.5 Å². The quantitative estimate of drug-likeness (QED) is 0.625. The molecule has 0 radical (unpaired) electrons. The Morgan fingerprint density at radius 2 is 1.75 bits per heavy atom. The highest BCUT2D eigenvalue weighted by atomic mass is 16.6. The SMILES string of the molecule is CNC(=O)[C@@H](c1ccc(OC)cc1)[C@H](C[N+](=O)[O-])c1ccccc1. The molecular formula is C18H20N2O4. The van der Waals surface area contributed by atoms with Crippen LogP contribution in [0.4, 0.5) is 0 Å². The number of methoxy groups -OCH3 is 1. The molecule has 0 saturated carbocycles. The number of benzene rings is 2. The maximum atomic E-state index is 12.5. The van der Waals surface area contributed by atoms with Gasteiger partial charge in [0.1, 0.15) is 5.75 Å². The van der Waals surface area contributed by atoms with Crippen LogP contribution in [0.3, 0.4) is 0 Å². The van der Waals surface area contributed by atoms with Crippen molar-refractivity contribution in [3.8, 4) is 5.75 Å². The number of likely N-dealkylation sites (N-methyl/N-ethyl adjacent to an activating group) is 1. The van der Waals surface area contributed by atoms with Crippen molar-refractivity contribution in [2.45, 2.75) is 11.8 Å². The number of amides is 1. The molecule has 2 aromatic carbocycles. The molecule has 0 saturated heterocycles. The molecule has 0 aliphatic heterocycles. The first-order valence-electron chi connectivity index (χ1n) is 7.59. The van der Waals surface area contributed by atoms with Gasteiger partial charge in [0.15, 0.2) is 0 Å². The number of carbonyl (C=O) groups excluding carboxylic acids is 1. The fourth-order valence-corrected chi connectivity index (χ4v) is 2.80. The van der Waals surface area contributed by atoms with Crippen LogP contribution >= 0.6 is 0 Å². The second-order valence-electron chi connectivity index (χ2n) is 5.40. The fourth-order valence-electron chi connectivity index (χ4n) is 2.80. The summed E-state index contributed by atoms with van der Waals surface area (Å²) in [5, 5.41) is 13.8. The van der Waals surface area contributed by atoms with Gasteiger partial charge in [0.25, 0.3) is 0 Å². The molecule has 2 aromatic rings. The summed E-state index contributed by atoms with van der Waals surface area (Å²) in [6.45, 7) is -0.325. The number of carbonyl (C=O) groups is 1. The van der Waals surface area contributed by atoms with Crippen molar-refractivity contribution in [2.75, 3.05) is 20.7 Å². The van der Waals surface area contributed by atoms with Crippen LogP contribution < -0.4 is 10.1 Å². The van der Waals surface area contributed by atoms with E-state index >= 15 is 0 Å². The highest BCUT2D eigenvalue weighted by molar-refractivity contribution is 5.84. The lowest BCUT2D eigenvalue weighted by Gasteiger charge is -2.24. The summed E-state index contributed by atoms with van der Waals surface area (Å²) in [4.78, 5) is 23.3. The normalized spacial score (nSPS) is 12.9. The first-order valence-corrected chi connectivity index (χ1v) is 7.59. The van der Waals surface area contributed by atoms with Crippen molar-refractivity contribution >= 4 is 5.91 Å². The molecule has 2 rings (SSSR count). The summed E-state index contributed by atoms with van der Waals surface area (Å²) >= 11 is 0. The molecule has 0 aliphatic rings. The summed E-state index contributed by atoms with van der Waals surface area (Å²) in [6.07, 6.45) is 0. The molecule has 1 amide bonds. The van der Waals surface area contributed by atoms with E-state index in [0.717, 1.165) is 5.56 Å². The van der Waals surface area contributed by atoms with Gasteiger partial charge in [0.2, 0.25) is 12.5 Å². The van der Waals surface area contributed by atoms with Gasteiger partial charge in [-0.3, -0.25) is 14.9 Å². The standard InChI is InChI=1S/C18H20N2O4/c1-19-18(21)17(14-8-10-15(24-2)11-9-14)16(12-20(22)23)13-6-4-3-5-7-13/h3-11,16-17H,12H2,1-2H3,(H,19,21)/t16-,17+/m1/s1. The number of hydrogen-bond donors (Lipinski definition) is 1. The predicted molar refractivity (Wildman–Crippen MR) is 90.8 cm³/mol. The molecule has 0 bridgehead atoms. The maximum Gasteiger partial charge on any atom is 0.228 e. The number of ether oxygens (including phenoxy) is 1. The van der Waals surface area contributed by atoms with Gasteiger partial charge in [0, 0.05) is 12.0 Å². The Labute approximate surface area is 140 Å². The highest BCUT2D eigenvalue weighted by Crippen LogP contribution is 2.34. The van der Waals surface area contributed by atoms with Crippen molar-refractivity contribution < 1.29 is 14.5 Å². The number of nitro groups is 1. The van der Waals surface area contributed by atoms with Crippen LogP contribution in [0.25, 0.3) is 0 Å². The van der Waals surface area contributed by atoms with Gasteiger partial charge in [0.05, 0.1) is 18.9 Å². The van der Waals surface area contributed by atoms with Gasteiger partial charge in [-0.05, 0) is 23.3 Å². The molecule has 6 heteroatoms. The Balaban J connectivity index is 2.48. The van der Waals surface area contributed by atoms with E-state index in [-0.39, 0.29) is 17.4 Å². The lowest BCUT2D eigenvalue weighted by atomic mass is 9.80. The molecule has 0 spiro atoms. The van der Waals surface area contributed by atoms with E-state index in [1.807, 2.05) is 30.3 Å². The van der Waals surface area contributed by atoms with Crippen LogP contribution in [0.15, 0.2) is 54.6 Å². The Bertz CT molecular complexity index is 686. The zero-order chi connectivity index (χ0) is 17.5. The average Bonchev–Trinajstić information content (AvgIpc) is 2.62. The second-order valence-corrected chi connectivity index (χ2v) is 5.40. The van der Waals surface area contributed by atoms with Crippen LogP contribution in [0.5, 0.6) is 5.75 Å². The van der Waals surface area contributed by atoms with Gasteiger partial charge >= 0.3 is 0 Å². The third-order valence-electron chi connectivity index (χ3n) is 3.98. The van der Waals surface area contributed by atoms with E-state index < -0.39 is 11.8 Å². The molecule has 24 heavy (non-hydrogen) atoms. The largest absolute Gasteiger partial charge is 0.497 e. The maximum absolute atomic E-state index is 12.5. The van der Waals surface area contributed by atoms with Crippen LogP contribution in [-0.4, -0.2) is 31.5 Å².